The number of rotatable bonds is 4. The van der Waals surface area contributed by atoms with Crippen molar-refractivity contribution in [1.29, 1.82) is 5.41 Å². The van der Waals surface area contributed by atoms with Gasteiger partial charge in [0.25, 0.3) is 0 Å². The van der Waals surface area contributed by atoms with E-state index in [1.165, 1.54) is 6.07 Å². The summed E-state index contributed by atoms with van der Waals surface area (Å²) in [5.41, 5.74) is 6.79. The molecule has 0 bridgehead atoms. The molecule has 2 aromatic heterocycles. The number of nitrogens with two attached hydrogens (primary N) is 1. The van der Waals surface area contributed by atoms with Crippen LogP contribution in [0.3, 0.4) is 0 Å². The minimum absolute atomic E-state index is 0. The topological polar surface area (TPSA) is 100.0 Å². The van der Waals surface area contributed by atoms with Gasteiger partial charge in [-0.05, 0) is 62.1 Å². The van der Waals surface area contributed by atoms with E-state index in [-0.39, 0.29) is 62.0 Å². The third kappa shape index (κ3) is 6.61. The molecule has 2 fully saturated rings. The van der Waals surface area contributed by atoms with E-state index < -0.39 is 11.7 Å². The first-order chi connectivity index (χ1) is 17.2. The van der Waals surface area contributed by atoms with E-state index in [2.05, 4.69) is 24.8 Å². The summed E-state index contributed by atoms with van der Waals surface area (Å²) in [6.07, 6.45) is 2.51. The molecule has 2 aliphatic rings. The van der Waals surface area contributed by atoms with E-state index >= 15 is 0 Å². The number of aromatic nitrogens is 4. The Morgan fingerprint density at radius 1 is 1.05 bits per heavy atom. The Morgan fingerprint density at radius 3 is 2.29 bits per heavy atom. The van der Waals surface area contributed by atoms with Crippen LogP contribution >= 0.6 is 0 Å². The molecule has 2 aliphatic heterocycles. The molecule has 4 heterocycles. The summed E-state index contributed by atoms with van der Waals surface area (Å²) in [6.45, 7) is 4.05. The molecule has 1 aromatic carbocycles. The number of fused-ring (bicyclic) bond motifs is 1. The Kier molecular flexibility index (Phi) is 10.1. The maximum Gasteiger partial charge on any atom is 2.00 e. The van der Waals surface area contributed by atoms with Crippen LogP contribution in [0.15, 0.2) is 35.7 Å². The number of imidazole rings is 1. The van der Waals surface area contributed by atoms with Gasteiger partial charge in [-0.25, -0.2) is 9.97 Å². The number of amidine groups is 1. The first kappa shape index (κ1) is 30.6. The van der Waals surface area contributed by atoms with Crippen LogP contribution in [0.1, 0.15) is 42.9 Å². The number of hydrogen-bond donors (Lipinski definition) is 2. The zero-order valence-electron chi connectivity index (χ0n) is 21.2. The number of hydrogen-bond acceptors (Lipinski definition) is 7. The Labute approximate surface area is 249 Å². The van der Waals surface area contributed by atoms with Crippen LogP contribution in [0, 0.1) is 49.9 Å². The van der Waals surface area contributed by atoms with Crippen molar-refractivity contribution >= 4 is 35.4 Å². The van der Waals surface area contributed by atoms with Crippen LogP contribution in [0.4, 0.5) is 19.1 Å². The summed E-state index contributed by atoms with van der Waals surface area (Å²) in [5.74, 6) is 1.19. The van der Waals surface area contributed by atoms with Crippen molar-refractivity contribution in [2.24, 2.45) is 5.92 Å². The first-order valence-electron chi connectivity index (χ1n) is 12.1. The number of benzene rings is 1. The molecule has 3 N–H and O–H groups in total. The fourth-order valence-electron chi connectivity index (χ4n) is 5.30. The molecule has 0 saturated carbocycles. The molecule has 38 heavy (non-hydrogen) atoms. The Hall–Kier alpha value is -1.94. The third-order valence-electron chi connectivity index (χ3n) is 7.26. The van der Waals surface area contributed by atoms with Crippen molar-refractivity contribution in [3.8, 4) is 0 Å². The second kappa shape index (κ2) is 12.5. The fraction of sp³-hybridized carbons (Fsp3) is 0.480. The van der Waals surface area contributed by atoms with Gasteiger partial charge in [0.05, 0.1) is 22.4 Å². The molecule has 2 saturated heterocycles. The number of likely N-dealkylation sites (tertiary alicyclic amines) is 2. The smallest absolute Gasteiger partial charge is 0.742 e. The largest absolute Gasteiger partial charge is 2.00 e. The van der Waals surface area contributed by atoms with Gasteiger partial charge < -0.3 is 35.3 Å². The average Bonchev–Trinajstić information content (AvgIpc) is 3.20. The van der Waals surface area contributed by atoms with Crippen LogP contribution < -0.4 is 5.73 Å². The van der Waals surface area contributed by atoms with Crippen LogP contribution in [0.25, 0.3) is 11.0 Å². The van der Waals surface area contributed by atoms with E-state index in [4.69, 9.17) is 23.8 Å². The molecule has 0 amide bonds. The monoisotopic (exact) mass is 770 g/mol. The summed E-state index contributed by atoms with van der Waals surface area (Å²) in [6, 6.07) is 3.69. The number of halogens is 3. The van der Waals surface area contributed by atoms with Gasteiger partial charge in [0.2, 0.25) is 5.95 Å². The van der Waals surface area contributed by atoms with E-state index in [1.54, 1.807) is 12.4 Å². The molecule has 13 heteroatoms. The number of piperidine rings is 2. The molecule has 8 nitrogen and oxygen atoms in total. The zero-order valence-corrected chi connectivity index (χ0v) is 26.2. The van der Waals surface area contributed by atoms with Gasteiger partial charge in [0.15, 0.2) is 0 Å². The van der Waals surface area contributed by atoms with Gasteiger partial charge in [0, 0.05) is 49.6 Å². The molecule has 202 valence electrons. The summed E-state index contributed by atoms with van der Waals surface area (Å²) in [5, 5.41) is 9.13. The minimum Gasteiger partial charge on any atom is -0.742 e. The molecule has 0 aliphatic carbocycles. The first-order valence-corrected chi connectivity index (χ1v) is 12.5. The Morgan fingerprint density at radius 2 is 1.68 bits per heavy atom. The van der Waals surface area contributed by atoms with E-state index in [0.717, 1.165) is 76.1 Å². The minimum atomic E-state index is -4.41. The summed E-state index contributed by atoms with van der Waals surface area (Å²) in [4.78, 5) is 16.8. The van der Waals surface area contributed by atoms with Gasteiger partial charge in [-0.2, -0.15) is 13.2 Å². The van der Waals surface area contributed by atoms with Crippen molar-refractivity contribution in [2.75, 3.05) is 31.9 Å². The van der Waals surface area contributed by atoms with Crippen molar-refractivity contribution < 1.29 is 44.3 Å². The predicted octanol–water partition coefficient (Wildman–Crippen LogP) is 4.31. The molecule has 0 spiro atoms. The van der Waals surface area contributed by atoms with E-state index in [9.17, 15) is 13.2 Å². The molecular weight excluding hydrogens is 739 g/mol. The van der Waals surface area contributed by atoms with Gasteiger partial charge in [0.1, 0.15) is 0 Å². The van der Waals surface area contributed by atoms with Crippen LogP contribution in [0.5, 0.6) is 0 Å². The van der Waals surface area contributed by atoms with Crippen molar-refractivity contribution in [3.05, 3.63) is 49.1 Å². The van der Waals surface area contributed by atoms with E-state index in [0.29, 0.717) is 16.5 Å². The molecule has 3 aromatic rings. The predicted molar refractivity (Wildman–Crippen MR) is 139 cm³/mol. The molecule has 0 unspecified atom stereocenters. The zero-order chi connectivity index (χ0) is 25.4. The quantitative estimate of drug-likeness (QED) is 0.177. The maximum atomic E-state index is 13.1. The van der Waals surface area contributed by atoms with Crippen LogP contribution in [0.2, 0.25) is 0 Å². The Bertz CT molecular complexity index is 1230. The Balaban J connectivity index is 0.00000200. The standard InChI is InChI=1S/C24H29F3N8S.CH3.U/c25-24(26,27)17-1-2-20-19(11-17)32-23(36)35(20)18-5-9-34(10-6-18)21(28)16-3-7-33(8-4-16)14-15-12-30-22(29)31-13-15;;/h1-2,11-13,16,18,28H,3-10,14H2,(H,32,36)(H2,29,30,31);1H3;/q;-1;+2/p-1. The average molecular weight is 771 g/mol. The number of alkyl halides is 3. The normalized spacial score (nSPS) is 17.7. The van der Waals surface area contributed by atoms with Gasteiger partial charge in [-0.1, -0.05) is 0 Å². The summed E-state index contributed by atoms with van der Waals surface area (Å²) < 4.78 is 41.1. The van der Waals surface area contributed by atoms with Crippen LogP contribution in [-0.2, 0) is 25.3 Å². The second-order valence-electron chi connectivity index (χ2n) is 9.57. The summed E-state index contributed by atoms with van der Waals surface area (Å²) in [7, 11) is 0. The van der Waals surface area contributed by atoms with Crippen molar-refractivity contribution in [1.82, 2.24) is 29.3 Å². The molecule has 0 atom stereocenters. The molecular formula is C25H31F3N8SU. The molecule has 0 radical (unpaired) electrons. The fourth-order valence-corrected chi connectivity index (χ4v) is 5.64. The third-order valence-corrected chi connectivity index (χ3v) is 7.55. The summed E-state index contributed by atoms with van der Waals surface area (Å²) >= 11 is 5.41. The number of nitrogen functional groups attached to an aromatic ring is 1. The maximum absolute atomic E-state index is 13.1. The van der Waals surface area contributed by atoms with Gasteiger partial charge in [-0.3, -0.25) is 15.3 Å². The van der Waals surface area contributed by atoms with Crippen LogP contribution in [-0.4, -0.2) is 61.3 Å². The number of anilines is 1. The van der Waals surface area contributed by atoms with Crippen molar-refractivity contribution in [3.63, 3.8) is 0 Å². The van der Waals surface area contributed by atoms with Gasteiger partial charge in [-0.15, -0.1) is 0 Å². The molecule has 5 rings (SSSR count). The number of nitrogens with one attached hydrogen (secondary N) is 1. The SMILES string of the molecule is N=C(C1CCN(Cc2cnc(N)nc2)CC1)N1CCC(n2c([S-])nc3cc(C(F)(F)F)ccc32)CC1.[CH3-].[U+2]. The number of nitrogens with zero attached hydrogens (tertiary/aromatic N) is 6. The second-order valence-corrected chi connectivity index (χ2v) is 9.93. The van der Waals surface area contributed by atoms with Crippen molar-refractivity contribution in [2.45, 2.75) is 49.6 Å². The van der Waals surface area contributed by atoms with E-state index in [1.807, 2.05) is 4.57 Å². The van der Waals surface area contributed by atoms with Gasteiger partial charge >= 0.3 is 37.3 Å².